The van der Waals surface area contributed by atoms with Gasteiger partial charge in [0.05, 0.1) is 6.20 Å². The van der Waals surface area contributed by atoms with Crippen molar-refractivity contribution in [2.75, 3.05) is 6.54 Å². The summed E-state index contributed by atoms with van der Waals surface area (Å²) in [5.41, 5.74) is 0.638. The van der Waals surface area contributed by atoms with Crippen LogP contribution in [-0.4, -0.2) is 31.4 Å². The van der Waals surface area contributed by atoms with Gasteiger partial charge in [-0.2, -0.15) is 5.10 Å². The van der Waals surface area contributed by atoms with E-state index in [0.29, 0.717) is 17.6 Å². The van der Waals surface area contributed by atoms with Gasteiger partial charge in [0.1, 0.15) is 11.7 Å². The third-order valence-electron chi connectivity index (χ3n) is 2.73. The van der Waals surface area contributed by atoms with E-state index in [1.165, 1.54) is 0 Å². The van der Waals surface area contributed by atoms with Crippen LogP contribution in [0.4, 0.5) is 0 Å². The fourth-order valence-corrected chi connectivity index (χ4v) is 1.78. The Kier molecular flexibility index (Phi) is 3.21. The summed E-state index contributed by atoms with van der Waals surface area (Å²) in [7, 11) is 1.78. The van der Waals surface area contributed by atoms with Gasteiger partial charge in [-0.05, 0) is 20.8 Å². The number of hydrogen-bond acceptors (Lipinski definition) is 4. The lowest BCUT2D eigenvalue weighted by atomic mass is 10.1. The second-order valence-corrected chi connectivity index (χ2v) is 5.43. The molecule has 0 spiro atoms. The lowest BCUT2D eigenvalue weighted by Crippen LogP contribution is -2.39. The lowest BCUT2D eigenvalue weighted by molar-refractivity contribution is 0.410. The third-order valence-corrected chi connectivity index (χ3v) is 2.73. The molecule has 2 rings (SSSR count). The van der Waals surface area contributed by atoms with Gasteiger partial charge in [0.25, 0.3) is 5.56 Å². The van der Waals surface area contributed by atoms with E-state index in [4.69, 9.17) is 0 Å². The molecule has 0 fully saturated rings. The third kappa shape index (κ3) is 2.59. The first-order chi connectivity index (χ1) is 8.38. The summed E-state index contributed by atoms with van der Waals surface area (Å²) in [5, 5.41) is 7.95. The summed E-state index contributed by atoms with van der Waals surface area (Å²) in [6.45, 7) is 7.62. The van der Waals surface area contributed by atoms with E-state index >= 15 is 0 Å². The maximum absolute atomic E-state index is 12.1. The highest BCUT2D eigenvalue weighted by Crippen LogP contribution is 2.03. The summed E-state index contributed by atoms with van der Waals surface area (Å²) in [4.78, 5) is 16.4. The molecule has 0 unspecified atom stereocenters. The molecule has 2 heterocycles. The Labute approximate surface area is 106 Å². The molecule has 0 aliphatic rings. The zero-order valence-corrected chi connectivity index (χ0v) is 11.3. The van der Waals surface area contributed by atoms with Crippen molar-refractivity contribution in [3.63, 3.8) is 0 Å². The maximum atomic E-state index is 12.1. The van der Waals surface area contributed by atoms with E-state index in [0.717, 1.165) is 6.54 Å². The average Bonchev–Trinajstić information content (AvgIpc) is 2.63. The number of fused-ring (bicyclic) bond motifs is 1. The van der Waals surface area contributed by atoms with E-state index in [2.05, 4.69) is 36.2 Å². The zero-order valence-electron chi connectivity index (χ0n) is 11.3. The van der Waals surface area contributed by atoms with Crippen LogP contribution in [0.25, 0.3) is 11.0 Å². The Morgan fingerprint density at radius 1 is 1.39 bits per heavy atom. The molecule has 0 aliphatic carbocycles. The van der Waals surface area contributed by atoms with Crippen molar-refractivity contribution < 1.29 is 0 Å². The molecule has 98 valence electrons. The molecule has 1 N–H and O–H groups in total. The van der Waals surface area contributed by atoms with Crippen molar-refractivity contribution in [2.24, 2.45) is 7.05 Å². The molecule has 2 aromatic heterocycles. The Morgan fingerprint density at radius 3 is 2.78 bits per heavy atom. The van der Waals surface area contributed by atoms with Gasteiger partial charge in [0, 0.05) is 25.7 Å². The Hall–Kier alpha value is -1.69. The van der Waals surface area contributed by atoms with Crippen molar-refractivity contribution in [3.8, 4) is 0 Å². The minimum absolute atomic E-state index is 0.0381. The van der Waals surface area contributed by atoms with Crippen molar-refractivity contribution in [3.05, 3.63) is 22.9 Å². The highest BCUT2D eigenvalue weighted by Gasteiger charge is 2.10. The summed E-state index contributed by atoms with van der Waals surface area (Å²) in [5.74, 6) is 0. The standard InChI is InChI=1S/C12H19N5O/c1-12(2,3)14-5-6-17-8-13-10-9(11(17)18)7-15-16(10)4/h7-8,14H,5-6H2,1-4H3. The van der Waals surface area contributed by atoms with Gasteiger partial charge in [0.2, 0.25) is 0 Å². The predicted octanol–water partition coefficient (Wildman–Crippen LogP) is 0.518. The van der Waals surface area contributed by atoms with E-state index in [9.17, 15) is 4.79 Å². The second-order valence-electron chi connectivity index (χ2n) is 5.43. The molecule has 2 aromatic rings. The lowest BCUT2D eigenvalue weighted by Gasteiger charge is -2.20. The molecule has 0 saturated heterocycles. The fraction of sp³-hybridized carbons (Fsp3) is 0.583. The molecular formula is C12H19N5O. The van der Waals surface area contributed by atoms with Gasteiger partial charge in [-0.3, -0.25) is 14.0 Å². The van der Waals surface area contributed by atoms with Crippen LogP contribution in [0.2, 0.25) is 0 Å². The van der Waals surface area contributed by atoms with Crippen molar-refractivity contribution in [1.29, 1.82) is 0 Å². The van der Waals surface area contributed by atoms with Crippen LogP contribution in [0, 0.1) is 0 Å². The van der Waals surface area contributed by atoms with Gasteiger partial charge >= 0.3 is 0 Å². The highest BCUT2D eigenvalue weighted by atomic mass is 16.1. The van der Waals surface area contributed by atoms with Crippen molar-refractivity contribution in [1.82, 2.24) is 24.6 Å². The van der Waals surface area contributed by atoms with Gasteiger partial charge in [-0.25, -0.2) is 4.98 Å². The molecule has 0 radical (unpaired) electrons. The van der Waals surface area contributed by atoms with E-state index in [1.54, 1.807) is 28.8 Å². The van der Waals surface area contributed by atoms with Crippen LogP contribution in [0.15, 0.2) is 17.3 Å². The predicted molar refractivity (Wildman–Crippen MR) is 70.5 cm³/mol. The molecule has 6 nitrogen and oxygen atoms in total. The van der Waals surface area contributed by atoms with Crippen LogP contribution in [0.3, 0.4) is 0 Å². The summed E-state index contributed by atoms with van der Waals surface area (Å²) < 4.78 is 3.22. The minimum Gasteiger partial charge on any atom is -0.310 e. The van der Waals surface area contributed by atoms with Crippen LogP contribution in [0.1, 0.15) is 20.8 Å². The number of nitrogens with zero attached hydrogens (tertiary/aromatic N) is 4. The molecule has 18 heavy (non-hydrogen) atoms. The van der Waals surface area contributed by atoms with Gasteiger partial charge in [0.15, 0.2) is 5.65 Å². The largest absolute Gasteiger partial charge is 0.310 e. The Balaban J connectivity index is 2.20. The summed E-state index contributed by atoms with van der Waals surface area (Å²) >= 11 is 0. The monoisotopic (exact) mass is 249 g/mol. The summed E-state index contributed by atoms with van der Waals surface area (Å²) in [6, 6.07) is 0. The first kappa shape index (κ1) is 12.8. The maximum Gasteiger partial charge on any atom is 0.264 e. The topological polar surface area (TPSA) is 64.7 Å². The summed E-state index contributed by atoms with van der Waals surface area (Å²) in [6.07, 6.45) is 3.15. The number of rotatable bonds is 3. The normalized spacial score (nSPS) is 12.2. The SMILES string of the molecule is Cn1ncc2c(=O)n(CCNC(C)(C)C)cnc21. The minimum atomic E-state index is -0.0381. The van der Waals surface area contributed by atoms with E-state index in [-0.39, 0.29) is 11.1 Å². The zero-order chi connectivity index (χ0) is 13.3. The molecular weight excluding hydrogens is 230 g/mol. The first-order valence-corrected chi connectivity index (χ1v) is 6.01. The molecule has 0 saturated carbocycles. The molecule has 0 amide bonds. The van der Waals surface area contributed by atoms with Gasteiger partial charge < -0.3 is 5.32 Å². The van der Waals surface area contributed by atoms with Crippen LogP contribution in [-0.2, 0) is 13.6 Å². The number of hydrogen-bond donors (Lipinski definition) is 1. The molecule has 0 aromatic carbocycles. The molecule has 0 aliphatic heterocycles. The number of aryl methyl sites for hydroxylation is 1. The Bertz CT molecular complexity index is 605. The highest BCUT2D eigenvalue weighted by molar-refractivity contribution is 5.72. The smallest absolute Gasteiger partial charge is 0.264 e. The van der Waals surface area contributed by atoms with Crippen LogP contribution < -0.4 is 10.9 Å². The van der Waals surface area contributed by atoms with Gasteiger partial charge in [-0.1, -0.05) is 0 Å². The van der Waals surface area contributed by atoms with Crippen molar-refractivity contribution in [2.45, 2.75) is 32.9 Å². The second kappa shape index (κ2) is 4.53. The first-order valence-electron chi connectivity index (χ1n) is 6.01. The molecule has 6 heteroatoms. The van der Waals surface area contributed by atoms with Gasteiger partial charge in [-0.15, -0.1) is 0 Å². The van der Waals surface area contributed by atoms with E-state index < -0.39 is 0 Å². The molecule has 0 atom stereocenters. The van der Waals surface area contributed by atoms with Crippen molar-refractivity contribution >= 4 is 11.0 Å². The molecule has 0 bridgehead atoms. The average molecular weight is 249 g/mol. The quantitative estimate of drug-likeness (QED) is 0.861. The Morgan fingerprint density at radius 2 is 2.11 bits per heavy atom. The van der Waals surface area contributed by atoms with Crippen LogP contribution >= 0.6 is 0 Å². The van der Waals surface area contributed by atoms with Crippen LogP contribution in [0.5, 0.6) is 0 Å². The van der Waals surface area contributed by atoms with E-state index in [1.807, 2.05) is 0 Å². The fourth-order valence-electron chi connectivity index (χ4n) is 1.78. The number of nitrogens with one attached hydrogen (secondary N) is 1. The number of aromatic nitrogens is 4.